The number of alkyl halides is 3. The van der Waals surface area contributed by atoms with Crippen molar-refractivity contribution >= 4 is 12.0 Å². The molecule has 1 aromatic rings. The Labute approximate surface area is 148 Å². The highest BCUT2D eigenvalue weighted by Gasteiger charge is 2.35. The van der Waals surface area contributed by atoms with E-state index in [0.29, 0.717) is 11.3 Å². The highest BCUT2D eigenvalue weighted by atomic mass is 19.4. The van der Waals surface area contributed by atoms with Gasteiger partial charge in [0.05, 0.1) is 17.2 Å². The molecule has 26 heavy (non-hydrogen) atoms. The molecule has 1 aromatic carbocycles. The van der Waals surface area contributed by atoms with Crippen LogP contribution in [0.25, 0.3) is 0 Å². The summed E-state index contributed by atoms with van der Waals surface area (Å²) >= 11 is 0. The molecule has 2 aliphatic rings. The van der Waals surface area contributed by atoms with Gasteiger partial charge in [-0.2, -0.15) is 13.2 Å². The third-order valence-electron chi connectivity index (χ3n) is 4.64. The van der Waals surface area contributed by atoms with Gasteiger partial charge in [-0.3, -0.25) is 0 Å². The highest BCUT2D eigenvalue weighted by molar-refractivity contribution is 5.95. The van der Waals surface area contributed by atoms with Crippen LogP contribution in [0.1, 0.15) is 49.8 Å². The predicted molar refractivity (Wildman–Crippen MR) is 86.9 cm³/mol. The molecular weight excluding hydrogens is 349 g/mol. The number of amides is 2. The van der Waals surface area contributed by atoms with Gasteiger partial charge in [0.15, 0.2) is 0 Å². The van der Waals surface area contributed by atoms with Crippen molar-refractivity contribution in [1.29, 1.82) is 0 Å². The number of nitrogens with one attached hydrogen (secondary N) is 2. The summed E-state index contributed by atoms with van der Waals surface area (Å²) in [5.74, 6) is -0.563. The molecule has 0 radical (unpaired) electrons. The van der Waals surface area contributed by atoms with E-state index in [1.54, 1.807) is 6.92 Å². The van der Waals surface area contributed by atoms with Crippen LogP contribution in [-0.2, 0) is 15.7 Å². The SMILES string of the molecule is CC1=C(C(=O)OC2CCCC2)[C@H](c2ccc(C(F)(F)F)cc2)NC(=O)N1. The van der Waals surface area contributed by atoms with Gasteiger partial charge < -0.3 is 15.4 Å². The summed E-state index contributed by atoms with van der Waals surface area (Å²) in [6.07, 6.45) is -1.04. The molecule has 1 fully saturated rings. The zero-order valence-electron chi connectivity index (χ0n) is 14.2. The third-order valence-corrected chi connectivity index (χ3v) is 4.64. The molecule has 1 aliphatic carbocycles. The Morgan fingerprint density at radius 2 is 1.77 bits per heavy atom. The molecule has 3 rings (SSSR count). The molecule has 0 aromatic heterocycles. The third kappa shape index (κ3) is 3.84. The maximum absolute atomic E-state index is 12.8. The van der Waals surface area contributed by atoms with Gasteiger partial charge in [-0.1, -0.05) is 12.1 Å². The smallest absolute Gasteiger partial charge is 0.416 e. The molecule has 0 spiro atoms. The molecule has 0 saturated heterocycles. The summed E-state index contributed by atoms with van der Waals surface area (Å²) < 4.78 is 43.8. The number of carbonyl (C=O) groups is 2. The molecule has 2 amide bonds. The van der Waals surface area contributed by atoms with E-state index in [1.165, 1.54) is 12.1 Å². The van der Waals surface area contributed by atoms with Gasteiger partial charge in [0.2, 0.25) is 0 Å². The second-order valence-electron chi connectivity index (χ2n) is 6.50. The minimum absolute atomic E-state index is 0.159. The van der Waals surface area contributed by atoms with Crippen LogP contribution in [0.5, 0.6) is 0 Å². The number of esters is 1. The zero-order chi connectivity index (χ0) is 18.9. The summed E-state index contributed by atoms with van der Waals surface area (Å²) in [5.41, 5.74) is 0.126. The second kappa shape index (κ2) is 7.01. The molecule has 0 unspecified atom stereocenters. The molecule has 1 aliphatic heterocycles. The molecule has 140 valence electrons. The predicted octanol–water partition coefficient (Wildman–Crippen LogP) is 3.82. The van der Waals surface area contributed by atoms with Crippen LogP contribution in [0, 0.1) is 0 Å². The van der Waals surface area contributed by atoms with E-state index in [9.17, 15) is 22.8 Å². The van der Waals surface area contributed by atoms with Crippen LogP contribution in [0.3, 0.4) is 0 Å². The van der Waals surface area contributed by atoms with E-state index in [0.717, 1.165) is 37.8 Å². The largest absolute Gasteiger partial charge is 0.459 e. The normalized spacial score (nSPS) is 21.4. The molecule has 5 nitrogen and oxygen atoms in total. The molecule has 1 saturated carbocycles. The van der Waals surface area contributed by atoms with Gasteiger partial charge in [0.25, 0.3) is 0 Å². The first-order valence-electron chi connectivity index (χ1n) is 8.42. The number of carbonyl (C=O) groups excluding carboxylic acids is 2. The maximum Gasteiger partial charge on any atom is 0.416 e. The molecule has 0 bridgehead atoms. The fraction of sp³-hybridized carbons (Fsp3) is 0.444. The van der Waals surface area contributed by atoms with Crippen molar-refractivity contribution in [3.63, 3.8) is 0 Å². The number of benzene rings is 1. The Bertz CT molecular complexity index is 735. The monoisotopic (exact) mass is 368 g/mol. The minimum Gasteiger partial charge on any atom is -0.459 e. The lowest BCUT2D eigenvalue weighted by molar-refractivity contribution is -0.144. The first-order chi connectivity index (χ1) is 12.3. The van der Waals surface area contributed by atoms with Gasteiger partial charge in [-0.15, -0.1) is 0 Å². The summed E-state index contributed by atoms with van der Waals surface area (Å²) in [6.45, 7) is 1.57. The highest BCUT2D eigenvalue weighted by Crippen LogP contribution is 2.33. The number of ether oxygens (including phenoxy) is 1. The van der Waals surface area contributed by atoms with Crippen LogP contribution >= 0.6 is 0 Å². The van der Waals surface area contributed by atoms with Crippen molar-refractivity contribution < 1.29 is 27.5 Å². The van der Waals surface area contributed by atoms with Gasteiger partial charge in [-0.25, -0.2) is 9.59 Å². The van der Waals surface area contributed by atoms with Gasteiger partial charge >= 0.3 is 18.2 Å². The molecule has 2 N–H and O–H groups in total. The second-order valence-corrected chi connectivity index (χ2v) is 6.50. The topological polar surface area (TPSA) is 67.4 Å². The molecule has 1 heterocycles. The van der Waals surface area contributed by atoms with Crippen molar-refractivity contribution in [3.05, 3.63) is 46.7 Å². The molecule has 1 atom stereocenters. The average Bonchev–Trinajstić information content (AvgIpc) is 3.06. The Hall–Kier alpha value is -2.51. The molecular formula is C18H19F3N2O3. The lowest BCUT2D eigenvalue weighted by Crippen LogP contribution is -2.45. The zero-order valence-corrected chi connectivity index (χ0v) is 14.2. The van der Waals surface area contributed by atoms with Crippen LogP contribution < -0.4 is 10.6 Å². The van der Waals surface area contributed by atoms with E-state index in [-0.39, 0.29) is 11.7 Å². The summed E-state index contributed by atoms with van der Waals surface area (Å²) in [7, 11) is 0. The Morgan fingerprint density at radius 3 is 2.35 bits per heavy atom. The Kier molecular flexibility index (Phi) is 4.93. The van der Waals surface area contributed by atoms with Crippen LogP contribution in [0.15, 0.2) is 35.5 Å². The van der Waals surface area contributed by atoms with Gasteiger partial charge in [0.1, 0.15) is 6.10 Å². The summed E-state index contributed by atoms with van der Waals surface area (Å²) in [4.78, 5) is 24.4. The lowest BCUT2D eigenvalue weighted by Gasteiger charge is -2.29. The van der Waals surface area contributed by atoms with E-state index >= 15 is 0 Å². The molecule has 8 heteroatoms. The number of allylic oxidation sites excluding steroid dienone is 1. The Balaban J connectivity index is 1.88. The number of hydrogen-bond acceptors (Lipinski definition) is 3. The van der Waals surface area contributed by atoms with Crippen molar-refractivity contribution in [2.24, 2.45) is 0 Å². The van der Waals surface area contributed by atoms with Crippen LogP contribution in [0.4, 0.5) is 18.0 Å². The van der Waals surface area contributed by atoms with E-state index in [2.05, 4.69) is 10.6 Å². The maximum atomic E-state index is 12.8. The fourth-order valence-corrected chi connectivity index (χ4v) is 3.30. The average molecular weight is 368 g/mol. The van der Waals surface area contributed by atoms with Crippen molar-refractivity contribution in [1.82, 2.24) is 10.6 Å². The summed E-state index contributed by atoms with van der Waals surface area (Å²) in [6, 6.07) is 2.99. The number of halogens is 3. The van der Waals surface area contributed by atoms with E-state index in [4.69, 9.17) is 4.74 Å². The van der Waals surface area contributed by atoms with Crippen molar-refractivity contribution in [3.8, 4) is 0 Å². The van der Waals surface area contributed by atoms with E-state index < -0.39 is 29.8 Å². The van der Waals surface area contributed by atoms with Crippen molar-refractivity contribution in [2.75, 3.05) is 0 Å². The quantitative estimate of drug-likeness (QED) is 0.797. The summed E-state index contributed by atoms with van der Waals surface area (Å²) in [5, 5.41) is 5.11. The van der Waals surface area contributed by atoms with Gasteiger partial charge in [0, 0.05) is 5.70 Å². The lowest BCUT2D eigenvalue weighted by atomic mass is 9.94. The van der Waals surface area contributed by atoms with Crippen molar-refractivity contribution in [2.45, 2.75) is 50.9 Å². The first kappa shape index (κ1) is 18.3. The number of hydrogen-bond donors (Lipinski definition) is 2. The first-order valence-corrected chi connectivity index (χ1v) is 8.42. The number of rotatable bonds is 3. The van der Waals surface area contributed by atoms with Crippen LogP contribution in [-0.4, -0.2) is 18.1 Å². The standard InChI is InChI=1S/C18H19F3N2O3/c1-10-14(16(24)26-13-4-2-3-5-13)15(23-17(25)22-10)11-6-8-12(9-7-11)18(19,20)21/h6-9,13,15H,2-5H2,1H3,(H2,22,23,25)/t15-/m0/s1. The minimum atomic E-state index is -4.45. The van der Waals surface area contributed by atoms with Gasteiger partial charge in [-0.05, 0) is 50.3 Å². The van der Waals surface area contributed by atoms with Crippen LogP contribution in [0.2, 0.25) is 0 Å². The van der Waals surface area contributed by atoms with E-state index in [1.807, 2.05) is 0 Å². The fourth-order valence-electron chi connectivity index (χ4n) is 3.30. The number of urea groups is 1. The Morgan fingerprint density at radius 1 is 1.15 bits per heavy atom.